The fourth-order valence-electron chi connectivity index (χ4n) is 2.17. The molecule has 18 heavy (non-hydrogen) atoms. The Kier molecular flexibility index (Phi) is 4.60. The summed E-state index contributed by atoms with van der Waals surface area (Å²) in [6, 6.07) is 1.70. The standard InChI is InChI=1S/C12H18N4O2/c17-9-10-3-1-6-16(7-10)8-11(18)15-12-13-4-2-5-14-12/h2,4-5,10,17H,1,3,6-9H2,(H,13,14,15,18). The molecule has 0 aliphatic carbocycles. The summed E-state index contributed by atoms with van der Waals surface area (Å²) in [5.74, 6) is 0.512. The molecule has 0 saturated carbocycles. The molecule has 2 rings (SSSR count). The molecule has 1 fully saturated rings. The molecule has 0 radical (unpaired) electrons. The molecule has 1 aromatic rings. The number of rotatable bonds is 4. The van der Waals surface area contributed by atoms with Crippen molar-refractivity contribution in [3.63, 3.8) is 0 Å². The number of carbonyl (C=O) groups excluding carboxylic acids is 1. The number of carbonyl (C=O) groups is 1. The minimum Gasteiger partial charge on any atom is -0.396 e. The molecule has 1 saturated heterocycles. The highest BCUT2D eigenvalue weighted by molar-refractivity contribution is 5.90. The Hall–Kier alpha value is -1.53. The minimum atomic E-state index is -0.111. The van der Waals surface area contributed by atoms with Crippen LogP contribution in [0.25, 0.3) is 0 Å². The molecule has 2 heterocycles. The lowest BCUT2D eigenvalue weighted by Gasteiger charge is -2.30. The first kappa shape index (κ1) is 12.9. The van der Waals surface area contributed by atoms with Crippen molar-refractivity contribution in [1.29, 1.82) is 0 Å². The molecular formula is C12H18N4O2. The lowest BCUT2D eigenvalue weighted by Crippen LogP contribution is -2.41. The van der Waals surface area contributed by atoms with Gasteiger partial charge >= 0.3 is 0 Å². The minimum absolute atomic E-state index is 0.111. The van der Waals surface area contributed by atoms with Crippen LogP contribution in [0.15, 0.2) is 18.5 Å². The van der Waals surface area contributed by atoms with Crippen LogP contribution in [-0.4, -0.2) is 52.1 Å². The molecule has 98 valence electrons. The van der Waals surface area contributed by atoms with Gasteiger partial charge in [-0.2, -0.15) is 0 Å². The Labute approximate surface area is 106 Å². The number of anilines is 1. The monoisotopic (exact) mass is 250 g/mol. The summed E-state index contributed by atoms with van der Waals surface area (Å²) >= 11 is 0. The Morgan fingerprint density at radius 2 is 2.28 bits per heavy atom. The van der Waals surface area contributed by atoms with E-state index in [0.29, 0.717) is 18.4 Å². The highest BCUT2D eigenvalue weighted by Gasteiger charge is 2.21. The van der Waals surface area contributed by atoms with Crippen molar-refractivity contribution in [2.45, 2.75) is 12.8 Å². The van der Waals surface area contributed by atoms with Crippen molar-refractivity contribution in [2.24, 2.45) is 5.92 Å². The predicted octanol–water partition coefficient (Wildman–Crippen LogP) is 0.119. The van der Waals surface area contributed by atoms with Gasteiger partial charge in [0.15, 0.2) is 0 Å². The average molecular weight is 250 g/mol. The normalized spacial score (nSPS) is 20.6. The maximum Gasteiger partial charge on any atom is 0.240 e. The van der Waals surface area contributed by atoms with Crippen LogP contribution >= 0.6 is 0 Å². The molecule has 1 aromatic heterocycles. The second-order valence-corrected chi connectivity index (χ2v) is 4.55. The van der Waals surface area contributed by atoms with Crippen molar-refractivity contribution >= 4 is 11.9 Å². The molecule has 6 nitrogen and oxygen atoms in total. The SMILES string of the molecule is O=C(CN1CCCC(CO)C1)Nc1ncccn1. The van der Waals surface area contributed by atoms with Crippen LogP contribution in [0.3, 0.4) is 0 Å². The first-order valence-corrected chi connectivity index (χ1v) is 6.18. The molecule has 2 N–H and O–H groups in total. The highest BCUT2D eigenvalue weighted by atomic mass is 16.3. The summed E-state index contributed by atoms with van der Waals surface area (Å²) in [6.07, 6.45) is 5.24. The zero-order valence-electron chi connectivity index (χ0n) is 10.2. The van der Waals surface area contributed by atoms with E-state index in [-0.39, 0.29) is 12.5 Å². The molecule has 0 spiro atoms. The fourth-order valence-corrected chi connectivity index (χ4v) is 2.17. The van der Waals surface area contributed by atoms with Gasteiger partial charge in [0.2, 0.25) is 11.9 Å². The van der Waals surface area contributed by atoms with Gasteiger partial charge in [-0.25, -0.2) is 9.97 Å². The first-order valence-electron chi connectivity index (χ1n) is 6.18. The van der Waals surface area contributed by atoms with E-state index in [1.165, 1.54) is 0 Å². The molecule has 6 heteroatoms. The van der Waals surface area contributed by atoms with E-state index in [4.69, 9.17) is 5.11 Å². The van der Waals surface area contributed by atoms with Gasteiger partial charge in [0.05, 0.1) is 6.54 Å². The largest absolute Gasteiger partial charge is 0.396 e. The van der Waals surface area contributed by atoms with E-state index in [0.717, 1.165) is 25.9 Å². The summed E-state index contributed by atoms with van der Waals surface area (Å²) in [5, 5.41) is 11.8. The second kappa shape index (κ2) is 6.42. The summed E-state index contributed by atoms with van der Waals surface area (Å²) < 4.78 is 0. The Morgan fingerprint density at radius 3 is 3.00 bits per heavy atom. The number of piperidine rings is 1. The second-order valence-electron chi connectivity index (χ2n) is 4.55. The number of nitrogens with one attached hydrogen (secondary N) is 1. The molecular weight excluding hydrogens is 232 g/mol. The Balaban J connectivity index is 1.80. The zero-order chi connectivity index (χ0) is 12.8. The van der Waals surface area contributed by atoms with Gasteiger partial charge < -0.3 is 5.11 Å². The number of aliphatic hydroxyl groups is 1. The Morgan fingerprint density at radius 1 is 1.50 bits per heavy atom. The van der Waals surface area contributed by atoms with Crippen molar-refractivity contribution in [3.8, 4) is 0 Å². The van der Waals surface area contributed by atoms with Crippen LogP contribution in [0.1, 0.15) is 12.8 Å². The van der Waals surface area contributed by atoms with Crippen molar-refractivity contribution in [3.05, 3.63) is 18.5 Å². The number of hydrogen-bond donors (Lipinski definition) is 2. The van der Waals surface area contributed by atoms with Gasteiger partial charge in [0.1, 0.15) is 0 Å². The van der Waals surface area contributed by atoms with Crippen molar-refractivity contribution < 1.29 is 9.90 Å². The maximum atomic E-state index is 11.8. The molecule has 0 aromatic carbocycles. The topological polar surface area (TPSA) is 78.4 Å². The molecule has 1 atom stereocenters. The van der Waals surface area contributed by atoms with E-state index in [9.17, 15) is 4.79 Å². The third kappa shape index (κ3) is 3.75. The van der Waals surface area contributed by atoms with Crippen LogP contribution in [0, 0.1) is 5.92 Å². The number of likely N-dealkylation sites (tertiary alicyclic amines) is 1. The zero-order valence-corrected chi connectivity index (χ0v) is 10.2. The molecule has 0 bridgehead atoms. The molecule has 1 aliphatic heterocycles. The summed E-state index contributed by atoms with van der Waals surface area (Å²) in [4.78, 5) is 21.7. The first-order chi connectivity index (χ1) is 8.78. The third-order valence-electron chi connectivity index (χ3n) is 3.05. The van der Waals surface area contributed by atoms with Gasteiger partial charge in [-0.15, -0.1) is 0 Å². The molecule has 1 aliphatic rings. The predicted molar refractivity (Wildman–Crippen MR) is 66.9 cm³/mol. The highest BCUT2D eigenvalue weighted by Crippen LogP contribution is 2.15. The van der Waals surface area contributed by atoms with Crippen molar-refractivity contribution in [1.82, 2.24) is 14.9 Å². The number of aromatic nitrogens is 2. The summed E-state index contributed by atoms with van der Waals surface area (Å²) in [5.41, 5.74) is 0. The van der Waals surface area contributed by atoms with Gasteiger partial charge in [-0.05, 0) is 31.4 Å². The summed E-state index contributed by atoms with van der Waals surface area (Å²) in [6.45, 7) is 2.20. The molecule has 1 unspecified atom stereocenters. The van der Waals surface area contributed by atoms with Crippen molar-refractivity contribution in [2.75, 3.05) is 31.6 Å². The lowest BCUT2D eigenvalue weighted by molar-refractivity contribution is -0.117. The van der Waals surface area contributed by atoms with E-state index in [2.05, 4.69) is 20.2 Å². The fraction of sp³-hybridized carbons (Fsp3) is 0.583. The van der Waals surface area contributed by atoms with Crippen LogP contribution in [0.5, 0.6) is 0 Å². The lowest BCUT2D eigenvalue weighted by atomic mass is 9.99. The van der Waals surface area contributed by atoms with Gasteiger partial charge in [0, 0.05) is 25.5 Å². The van der Waals surface area contributed by atoms with Crippen LogP contribution in [0.2, 0.25) is 0 Å². The van der Waals surface area contributed by atoms with Crippen LogP contribution in [-0.2, 0) is 4.79 Å². The molecule has 1 amide bonds. The van der Waals surface area contributed by atoms with Crippen LogP contribution in [0.4, 0.5) is 5.95 Å². The van der Waals surface area contributed by atoms with E-state index < -0.39 is 0 Å². The third-order valence-corrected chi connectivity index (χ3v) is 3.05. The van der Waals surface area contributed by atoms with E-state index in [1.807, 2.05) is 0 Å². The van der Waals surface area contributed by atoms with Gasteiger partial charge in [-0.1, -0.05) is 0 Å². The average Bonchev–Trinajstić information content (AvgIpc) is 2.40. The smallest absolute Gasteiger partial charge is 0.240 e. The number of hydrogen-bond acceptors (Lipinski definition) is 5. The maximum absolute atomic E-state index is 11.8. The van der Waals surface area contributed by atoms with E-state index in [1.54, 1.807) is 18.5 Å². The van der Waals surface area contributed by atoms with E-state index >= 15 is 0 Å². The van der Waals surface area contributed by atoms with Gasteiger partial charge in [0.25, 0.3) is 0 Å². The number of amides is 1. The number of nitrogens with zero attached hydrogens (tertiary/aromatic N) is 3. The summed E-state index contributed by atoms with van der Waals surface area (Å²) in [7, 11) is 0. The van der Waals surface area contributed by atoms with Gasteiger partial charge in [-0.3, -0.25) is 15.0 Å². The Bertz CT molecular complexity index is 385. The van der Waals surface area contributed by atoms with Crippen LogP contribution < -0.4 is 5.32 Å². The quantitative estimate of drug-likeness (QED) is 0.793. The number of aliphatic hydroxyl groups excluding tert-OH is 1.